The van der Waals surface area contributed by atoms with Gasteiger partial charge in [0.2, 0.25) is 5.91 Å². The number of rotatable bonds is 7. The standard InChI is InChI=1S/C20H21F2N3O2/c1-3-25(9-10-27-2)18-8-7-13(11-16(18)22)23-12-14-19-15(21)5-4-6-17(19)24-20(14)26/h4-8,11-12,14H,3,9-10H2,1-2H3,(H,24,26). The van der Waals surface area contributed by atoms with Gasteiger partial charge in [0.05, 0.1) is 18.0 Å². The normalized spacial score (nSPS) is 15.9. The van der Waals surface area contributed by atoms with E-state index < -0.39 is 17.6 Å². The zero-order valence-electron chi connectivity index (χ0n) is 15.2. The highest BCUT2D eigenvalue weighted by molar-refractivity contribution is 6.12. The molecule has 1 aliphatic rings. The molecule has 2 aromatic carbocycles. The Labute approximate surface area is 156 Å². The van der Waals surface area contributed by atoms with Crippen molar-refractivity contribution in [1.82, 2.24) is 0 Å². The van der Waals surface area contributed by atoms with Crippen molar-refractivity contribution in [3.63, 3.8) is 0 Å². The van der Waals surface area contributed by atoms with Gasteiger partial charge < -0.3 is 15.0 Å². The van der Waals surface area contributed by atoms with Crippen LogP contribution in [0.5, 0.6) is 0 Å². The molecule has 1 unspecified atom stereocenters. The summed E-state index contributed by atoms with van der Waals surface area (Å²) in [6.07, 6.45) is 1.35. The summed E-state index contributed by atoms with van der Waals surface area (Å²) in [6, 6.07) is 9.08. The number of carbonyl (C=O) groups is 1. The largest absolute Gasteiger partial charge is 0.383 e. The third kappa shape index (κ3) is 3.98. The van der Waals surface area contributed by atoms with Crippen LogP contribution in [0.25, 0.3) is 0 Å². The number of halogens is 2. The van der Waals surface area contributed by atoms with Crippen LogP contribution in [0.3, 0.4) is 0 Å². The summed E-state index contributed by atoms with van der Waals surface area (Å²) in [5, 5.41) is 2.62. The summed E-state index contributed by atoms with van der Waals surface area (Å²) < 4.78 is 33.6. The van der Waals surface area contributed by atoms with Gasteiger partial charge in [-0.05, 0) is 31.2 Å². The Bertz CT molecular complexity index is 870. The van der Waals surface area contributed by atoms with Gasteiger partial charge in [-0.15, -0.1) is 0 Å². The molecule has 27 heavy (non-hydrogen) atoms. The second kappa shape index (κ2) is 8.26. The second-order valence-corrected chi connectivity index (χ2v) is 6.15. The molecule has 1 N–H and O–H groups in total. The molecule has 142 valence electrons. The highest BCUT2D eigenvalue weighted by atomic mass is 19.1. The average molecular weight is 373 g/mol. The van der Waals surface area contributed by atoms with E-state index in [-0.39, 0.29) is 11.5 Å². The number of fused-ring (bicyclic) bond motifs is 1. The first kappa shape index (κ1) is 19.0. The Hall–Kier alpha value is -2.80. The number of amides is 1. The molecule has 0 radical (unpaired) electrons. The van der Waals surface area contributed by atoms with Gasteiger partial charge in [0.1, 0.15) is 17.6 Å². The van der Waals surface area contributed by atoms with E-state index in [1.807, 2.05) is 11.8 Å². The fourth-order valence-electron chi connectivity index (χ4n) is 3.09. The lowest BCUT2D eigenvalue weighted by Crippen LogP contribution is -2.27. The molecule has 1 aliphatic heterocycles. The van der Waals surface area contributed by atoms with E-state index in [0.29, 0.717) is 36.8 Å². The maximum absolute atomic E-state index is 14.5. The van der Waals surface area contributed by atoms with E-state index in [0.717, 1.165) is 0 Å². The number of hydrogen-bond donors (Lipinski definition) is 1. The lowest BCUT2D eigenvalue weighted by atomic mass is 10.0. The molecule has 0 bridgehead atoms. The first-order valence-electron chi connectivity index (χ1n) is 8.72. The molecule has 7 heteroatoms. The number of likely N-dealkylation sites (N-methyl/N-ethyl adjacent to an activating group) is 1. The highest BCUT2D eigenvalue weighted by Gasteiger charge is 2.31. The zero-order chi connectivity index (χ0) is 19.4. The number of benzene rings is 2. The van der Waals surface area contributed by atoms with Crippen molar-refractivity contribution in [3.8, 4) is 0 Å². The van der Waals surface area contributed by atoms with Crippen LogP contribution in [0.2, 0.25) is 0 Å². The van der Waals surface area contributed by atoms with Gasteiger partial charge in [-0.1, -0.05) is 6.07 Å². The summed E-state index contributed by atoms with van der Waals surface area (Å²) in [7, 11) is 1.60. The lowest BCUT2D eigenvalue weighted by Gasteiger charge is -2.23. The van der Waals surface area contributed by atoms with Crippen LogP contribution in [0.4, 0.5) is 25.8 Å². The van der Waals surface area contributed by atoms with Gasteiger partial charge in [-0.3, -0.25) is 9.79 Å². The minimum Gasteiger partial charge on any atom is -0.383 e. The van der Waals surface area contributed by atoms with Gasteiger partial charge in [-0.25, -0.2) is 8.78 Å². The van der Waals surface area contributed by atoms with Gasteiger partial charge >= 0.3 is 0 Å². The topological polar surface area (TPSA) is 53.9 Å². The number of anilines is 2. The van der Waals surface area contributed by atoms with Crippen LogP contribution in [-0.4, -0.2) is 38.9 Å². The molecule has 5 nitrogen and oxygen atoms in total. The predicted octanol–water partition coefficient (Wildman–Crippen LogP) is 3.88. The van der Waals surface area contributed by atoms with Crippen molar-refractivity contribution in [3.05, 3.63) is 53.6 Å². The SMILES string of the molecule is CCN(CCOC)c1ccc(N=CC2C(=O)Nc3cccc(F)c32)cc1F. The van der Waals surface area contributed by atoms with Crippen molar-refractivity contribution < 1.29 is 18.3 Å². The predicted molar refractivity (Wildman–Crippen MR) is 102 cm³/mol. The highest BCUT2D eigenvalue weighted by Crippen LogP contribution is 2.34. The van der Waals surface area contributed by atoms with Crippen LogP contribution < -0.4 is 10.2 Å². The van der Waals surface area contributed by atoms with Crippen molar-refractivity contribution in [2.24, 2.45) is 4.99 Å². The van der Waals surface area contributed by atoms with Crippen LogP contribution in [0.1, 0.15) is 18.4 Å². The van der Waals surface area contributed by atoms with Crippen molar-refractivity contribution >= 4 is 29.2 Å². The van der Waals surface area contributed by atoms with Crippen molar-refractivity contribution in [2.45, 2.75) is 12.8 Å². The molecular weight excluding hydrogens is 352 g/mol. The lowest BCUT2D eigenvalue weighted by molar-refractivity contribution is -0.115. The van der Waals surface area contributed by atoms with Crippen molar-refractivity contribution in [2.75, 3.05) is 37.0 Å². The summed E-state index contributed by atoms with van der Waals surface area (Å²) in [6.45, 7) is 3.65. The summed E-state index contributed by atoms with van der Waals surface area (Å²) in [5.74, 6) is -2.07. The van der Waals surface area contributed by atoms with E-state index in [1.54, 1.807) is 25.3 Å². The van der Waals surface area contributed by atoms with Crippen LogP contribution >= 0.6 is 0 Å². The summed E-state index contributed by atoms with van der Waals surface area (Å²) in [5.41, 5.74) is 1.52. The molecule has 0 aromatic heterocycles. The molecule has 1 heterocycles. The molecule has 1 amide bonds. The second-order valence-electron chi connectivity index (χ2n) is 6.15. The van der Waals surface area contributed by atoms with Crippen LogP contribution in [0, 0.1) is 11.6 Å². The van der Waals surface area contributed by atoms with Gasteiger partial charge in [0.25, 0.3) is 0 Å². The number of methoxy groups -OCH3 is 1. The molecule has 0 saturated heterocycles. The molecule has 0 aliphatic carbocycles. The third-order valence-electron chi connectivity index (χ3n) is 4.50. The number of nitrogens with zero attached hydrogens (tertiary/aromatic N) is 2. The van der Waals surface area contributed by atoms with Crippen molar-refractivity contribution in [1.29, 1.82) is 0 Å². The Balaban J connectivity index is 1.81. The third-order valence-corrected chi connectivity index (χ3v) is 4.50. The molecule has 0 saturated carbocycles. The quantitative estimate of drug-likeness (QED) is 0.750. The van der Waals surface area contributed by atoms with Crippen LogP contribution in [0.15, 0.2) is 41.4 Å². The summed E-state index contributed by atoms with van der Waals surface area (Å²) >= 11 is 0. The monoisotopic (exact) mass is 373 g/mol. The minimum atomic E-state index is -0.835. The summed E-state index contributed by atoms with van der Waals surface area (Å²) in [4.78, 5) is 18.1. The molecule has 1 atom stereocenters. The molecule has 0 fully saturated rings. The molecule has 3 rings (SSSR count). The van der Waals surface area contributed by atoms with E-state index in [4.69, 9.17) is 4.74 Å². The smallest absolute Gasteiger partial charge is 0.237 e. The Morgan fingerprint density at radius 1 is 1.26 bits per heavy atom. The maximum atomic E-state index is 14.5. The van der Waals surface area contributed by atoms with Gasteiger partial charge in [-0.2, -0.15) is 0 Å². The molecule has 0 spiro atoms. The van der Waals surface area contributed by atoms with Crippen LogP contribution in [-0.2, 0) is 9.53 Å². The minimum absolute atomic E-state index is 0.264. The van der Waals surface area contributed by atoms with E-state index in [2.05, 4.69) is 10.3 Å². The number of hydrogen-bond acceptors (Lipinski definition) is 4. The number of aliphatic imine (C=N–C) groups is 1. The first-order valence-corrected chi connectivity index (χ1v) is 8.72. The van der Waals surface area contributed by atoms with E-state index in [9.17, 15) is 13.6 Å². The first-order chi connectivity index (χ1) is 13.0. The number of carbonyl (C=O) groups excluding carboxylic acids is 1. The van der Waals surface area contributed by atoms with Gasteiger partial charge in [0.15, 0.2) is 0 Å². The Morgan fingerprint density at radius 3 is 2.78 bits per heavy atom. The average Bonchev–Trinajstić information content (AvgIpc) is 2.98. The zero-order valence-corrected chi connectivity index (χ0v) is 15.2. The molecular formula is C20H21F2N3O2. The maximum Gasteiger partial charge on any atom is 0.237 e. The van der Waals surface area contributed by atoms with E-state index in [1.165, 1.54) is 24.4 Å². The number of ether oxygens (including phenoxy) is 1. The fourth-order valence-corrected chi connectivity index (χ4v) is 3.09. The Kier molecular flexibility index (Phi) is 5.81. The van der Waals surface area contributed by atoms with E-state index >= 15 is 0 Å². The fraction of sp³-hybridized carbons (Fsp3) is 0.300. The Morgan fingerprint density at radius 2 is 2.07 bits per heavy atom. The molecule has 2 aromatic rings. The number of nitrogens with one attached hydrogen (secondary N) is 1. The van der Waals surface area contributed by atoms with Gasteiger partial charge in [0, 0.05) is 43.7 Å².